The molecule has 1 N–H and O–H groups in total. The number of nitrogens with zero attached hydrogens (tertiary/aromatic N) is 2. The van der Waals surface area contributed by atoms with Gasteiger partial charge in [0.2, 0.25) is 5.91 Å². The van der Waals surface area contributed by atoms with Gasteiger partial charge in [-0.3, -0.25) is 9.59 Å². The third-order valence-corrected chi connectivity index (χ3v) is 7.61. The number of aromatic amines is 1. The standard InChI is InChI=1S/C24H25N3O2S2/c1-3-12-27(14-17-9-7-16(2)8-10-17)21(28)11-13-30-15-20-25-23(29)22-18-5-4-6-19(18)31-24(22)26-20/h1,7-10H,4-6,11-15H2,2H3,(H,25,26,29). The van der Waals surface area contributed by atoms with Gasteiger partial charge >= 0.3 is 0 Å². The minimum atomic E-state index is -0.0330. The number of nitrogens with one attached hydrogen (secondary N) is 1. The molecule has 1 aliphatic carbocycles. The van der Waals surface area contributed by atoms with Gasteiger partial charge in [-0.05, 0) is 37.3 Å². The lowest BCUT2D eigenvalue weighted by Gasteiger charge is -2.20. The van der Waals surface area contributed by atoms with Gasteiger partial charge in [0.25, 0.3) is 5.56 Å². The van der Waals surface area contributed by atoms with Crippen molar-refractivity contribution >= 4 is 39.2 Å². The monoisotopic (exact) mass is 451 g/mol. The van der Waals surface area contributed by atoms with Crippen molar-refractivity contribution < 1.29 is 4.79 Å². The van der Waals surface area contributed by atoms with Crippen LogP contribution in [0.15, 0.2) is 29.1 Å². The van der Waals surface area contributed by atoms with Crippen LogP contribution in [-0.2, 0) is 29.9 Å². The molecule has 31 heavy (non-hydrogen) atoms. The highest BCUT2D eigenvalue weighted by atomic mass is 32.2. The lowest BCUT2D eigenvalue weighted by molar-refractivity contribution is -0.130. The third-order valence-electron chi connectivity index (χ3n) is 5.45. The van der Waals surface area contributed by atoms with Crippen molar-refractivity contribution in [1.82, 2.24) is 14.9 Å². The smallest absolute Gasteiger partial charge is 0.259 e. The van der Waals surface area contributed by atoms with E-state index in [4.69, 9.17) is 6.42 Å². The molecule has 2 heterocycles. The number of thioether (sulfide) groups is 1. The number of fused-ring (bicyclic) bond motifs is 3. The summed E-state index contributed by atoms with van der Waals surface area (Å²) in [4.78, 5) is 36.7. The Kier molecular flexibility index (Phi) is 6.79. The molecule has 0 atom stereocenters. The molecule has 1 aromatic carbocycles. The van der Waals surface area contributed by atoms with Crippen LogP contribution < -0.4 is 5.56 Å². The molecule has 1 amide bonds. The van der Waals surface area contributed by atoms with Gasteiger partial charge in [0.1, 0.15) is 10.7 Å². The van der Waals surface area contributed by atoms with Gasteiger partial charge in [-0.1, -0.05) is 35.7 Å². The van der Waals surface area contributed by atoms with Crippen LogP contribution in [0, 0.1) is 19.3 Å². The van der Waals surface area contributed by atoms with Gasteiger partial charge in [0, 0.05) is 23.6 Å². The first-order valence-corrected chi connectivity index (χ1v) is 12.4. The summed E-state index contributed by atoms with van der Waals surface area (Å²) in [6.07, 6.45) is 9.03. The van der Waals surface area contributed by atoms with Gasteiger partial charge in [0.15, 0.2) is 0 Å². The van der Waals surface area contributed by atoms with Crippen molar-refractivity contribution in [2.75, 3.05) is 12.3 Å². The van der Waals surface area contributed by atoms with Crippen molar-refractivity contribution in [3.05, 3.63) is 62.0 Å². The highest BCUT2D eigenvalue weighted by molar-refractivity contribution is 7.98. The fraction of sp³-hybridized carbons (Fsp3) is 0.375. The zero-order valence-corrected chi connectivity index (χ0v) is 19.2. The van der Waals surface area contributed by atoms with E-state index in [0.717, 1.165) is 35.0 Å². The van der Waals surface area contributed by atoms with Crippen LogP contribution >= 0.6 is 23.1 Å². The van der Waals surface area contributed by atoms with Crippen molar-refractivity contribution in [3.63, 3.8) is 0 Å². The number of terminal acetylenes is 1. The lowest BCUT2D eigenvalue weighted by Crippen LogP contribution is -2.31. The predicted molar refractivity (Wildman–Crippen MR) is 128 cm³/mol. The molecule has 3 aromatic rings. The second kappa shape index (κ2) is 9.71. The highest BCUT2D eigenvalue weighted by Gasteiger charge is 2.21. The van der Waals surface area contributed by atoms with Crippen molar-refractivity contribution in [3.8, 4) is 12.3 Å². The van der Waals surface area contributed by atoms with E-state index < -0.39 is 0 Å². The Morgan fingerprint density at radius 2 is 2.13 bits per heavy atom. The number of benzene rings is 1. The van der Waals surface area contributed by atoms with Gasteiger partial charge in [0.05, 0.1) is 17.7 Å². The zero-order valence-electron chi connectivity index (χ0n) is 17.6. The Morgan fingerprint density at radius 1 is 1.32 bits per heavy atom. The lowest BCUT2D eigenvalue weighted by atomic mass is 10.1. The van der Waals surface area contributed by atoms with Gasteiger partial charge in [-0.25, -0.2) is 4.98 Å². The summed E-state index contributed by atoms with van der Waals surface area (Å²) >= 11 is 3.25. The van der Waals surface area contributed by atoms with E-state index in [1.807, 2.05) is 31.2 Å². The number of aromatic nitrogens is 2. The molecule has 0 fully saturated rings. The van der Waals surface area contributed by atoms with E-state index in [1.165, 1.54) is 16.0 Å². The van der Waals surface area contributed by atoms with Crippen molar-refractivity contribution in [1.29, 1.82) is 0 Å². The SMILES string of the molecule is C#CCN(Cc1ccc(C)cc1)C(=O)CCSCc1nc2sc3c(c2c(=O)[nH]1)CCC3. The topological polar surface area (TPSA) is 66.1 Å². The second-order valence-electron chi connectivity index (χ2n) is 7.79. The molecular weight excluding hydrogens is 426 g/mol. The summed E-state index contributed by atoms with van der Waals surface area (Å²) in [5.74, 6) is 4.53. The Hall–Kier alpha value is -2.56. The van der Waals surface area contributed by atoms with Crippen LogP contribution in [0.5, 0.6) is 0 Å². The largest absolute Gasteiger partial charge is 0.327 e. The van der Waals surface area contributed by atoms with Gasteiger partial charge < -0.3 is 9.88 Å². The number of hydrogen-bond donors (Lipinski definition) is 1. The molecule has 0 spiro atoms. The molecule has 5 nitrogen and oxygen atoms in total. The molecule has 7 heteroatoms. The summed E-state index contributed by atoms with van der Waals surface area (Å²) in [5.41, 5.74) is 3.42. The summed E-state index contributed by atoms with van der Waals surface area (Å²) in [5, 5.41) is 0.780. The Bertz CT molecular complexity index is 1190. The molecule has 2 aromatic heterocycles. The predicted octanol–water partition coefficient (Wildman–Crippen LogP) is 4.07. The summed E-state index contributed by atoms with van der Waals surface area (Å²) in [6.45, 7) is 2.85. The normalized spacial score (nSPS) is 12.6. The number of rotatable bonds is 8. The number of carbonyl (C=O) groups excluding carboxylic acids is 1. The molecule has 1 aliphatic rings. The molecular formula is C24H25N3O2S2. The maximum atomic E-state index is 12.7. The maximum Gasteiger partial charge on any atom is 0.259 e. The summed E-state index contributed by atoms with van der Waals surface area (Å²) in [6, 6.07) is 8.13. The van der Waals surface area contributed by atoms with Crippen LogP contribution in [0.1, 0.15) is 40.2 Å². The van der Waals surface area contributed by atoms with Crippen LogP contribution in [0.2, 0.25) is 0 Å². The minimum absolute atomic E-state index is 0.0330. The first-order valence-electron chi connectivity index (χ1n) is 10.4. The molecule has 0 aliphatic heterocycles. The third kappa shape index (κ3) is 5.03. The van der Waals surface area contributed by atoms with Crippen LogP contribution in [0.25, 0.3) is 10.2 Å². The van der Waals surface area contributed by atoms with E-state index in [-0.39, 0.29) is 11.5 Å². The maximum absolute atomic E-state index is 12.7. The molecule has 0 radical (unpaired) electrons. The molecule has 0 saturated heterocycles. The van der Waals surface area contributed by atoms with E-state index >= 15 is 0 Å². The number of carbonyl (C=O) groups is 1. The average Bonchev–Trinajstić information content (AvgIpc) is 3.33. The Morgan fingerprint density at radius 3 is 2.90 bits per heavy atom. The van der Waals surface area contributed by atoms with Gasteiger partial charge in [-0.15, -0.1) is 17.8 Å². The van der Waals surface area contributed by atoms with Crippen molar-refractivity contribution in [2.45, 2.75) is 44.9 Å². The van der Waals surface area contributed by atoms with Crippen LogP contribution in [0.4, 0.5) is 0 Å². The van der Waals surface area contributed by atoms with Gasteiger partial charge in [-0.2, -0.15) is 11.8 Å². The minimum Gasteiger partial charge on any atom is -0.327 e. The molecule has 0 bridgehead atoms. The Balaban J connectivity index is 1.32. The van der Waals surface area contributed by atoms with E-state index in [0.29, 0.717) is 36.8 Å². The average molecular weight is 452 g/mol. The number of H-pyrrole nitrogens is 1. The van der Waals surface area contributed by atoms with Crippen LogP contribution in [0.3, 0.4) is 0 Å². The van der Waals surface area contributed by atoms with E-state index in [1.54, 1.807) is 28.0 Å². The number of hydrogen-bond acceptors (Lipinski definition) is 5. The molecule has 0 saturated carbocycles. The van der Waals surface area contributed by atoms with Crippen LogP contribution in [-0.4, -0.2) is 33.1 Å². The van der Waals surface area contributed by atoms with E-state index in [9.17, 15) is 9.59 Å². The van der Waals surface area contributed by atoms with E-state index in [2.05, 4.69) is 15.9 Å². The number of amides is 1. The molecule has 160 valence electrons. The zero-order chi connectivity index (χ0) is 21.8. The Labute approximate surface area is 190 Å². The second-order valence-corrected chi connectivity index (χ2v) is 9.98. The summed E-state index contributed by atoms with van der Waals surface area (Å²) in [7, 11) is 0. The highest BCUT2D eigenvalue weighted by Crippen LogP contribution is 2.34. The summed E-state index contributed by atoms with van der Waals surface area (Å²) < 4.78 is 0. The number of thiophene rings is 1. The molecule has 4 rings (SSSR count). The fourth-order valence-electron chi connectivity index (χ4n) is 3.86. The first kappa shape index (κ1) is 21.7. The first-order chi connectivity index (χ1) is 15.0. The van der Waals surface area contributed by atoms with Crippen molar-refractivity contribution in [2.24, 2.45) is 0 Å². The fourth-order valence-corrected chi connectivity index (χ4v) is 5.93. The number of aryl methyl sites for hydroxylation is 3. The molecule has 0 unspecified atom stereocenters. The quantitative estimate of drug-likeness (QED) is 0.414.